The average Bonchev–Trinajstić information content (AvgIpc) is 2.39. The zero-order chi connectivity index (χ0) is 13.0. The summed E-state index contributed by atoms with van der Waals surface area (Å²) in [6.07, 6.45) is 1.74. The summed E-state index contributed by atoms with van der Waals surface area (Å²) in [6, 6.07) is 3.26. The highest BCUT2D eigenvalue weighted by atomic mass is 16.6. The molecule has 2 N–H and O–H groups in total. The van der Waals surface area contributed by atoms with Gasteiger partial charge in [-0.1, -0.05) is 0 Å². The number of piperidine rings is 1. The van der Waals surface area contributed by atoms with Gasteiger partial charge in [-0.2, -0.15) is 0 Å². The van der Waals surface area contributed by atoms with Crippen LogP contribution in [0.2, 0.25) is 0 Å². The minimum atomic E-state index is -0.913. The van der Waals surface area contributed by atoms with Crippen LogP contribution in [0.4, 0.5) is 10.6 Å². The van der Waals surface area contributed by atoms with Gasteiger partial charge in [0, 0.05) is 25.1 Å². The van der Waals surface area contributed by atoms with Gasteiger partial charge in [0.05, 0.1) is 0 Å². The van der Waals surface area contributed by atoms with Crippen molar-refractivity contribution in [2.45, 2.75) is 12.8 Å². The van der Waals surface area contributed by atoms with Crippen LogP contribution in [0, 0.1) is 5.92 Å². The molecule has 7 heteroatoms. The molecule has 0 aliphatic carbocycles. The third kappa shape index (κ3) is 2.93. The number of aromatic nitrogens is 2. The van der Waals surface area contributed by atoms with Crippen LogP contribution in [0.5, 0.6) is 5.88 Å². The molecule has 2 rings (SSSR count). The normalized spacial score (nSPS) is 16.3. The highest BCUT2D eigenvalue weighted by Gasteiger charge is 2.19. The van der Waals surface area contributed by atoms with Crippen LogP contribution >= 0.6 is 0 Å². The zero-order valence-corrected chi connectivity index (χ0v) is 9.78. The van der Waals surface area contributed by atoms with E-state index in [2.05, 4.69) is 14.9 Å². The van der Waals surface area contributed by atoms with Crippen molar-refractivity contribution in [3.8, 4) is 5.88 Å². The summed E-state index contributed by atoms with van der Waals surface area (Å²) < 4.78 is 4.59. The smallest absolute Gasteiger partial charge is 0.390 e. The lowest BCUT2D eigenvalue weighted by Crippen LogP contribution is -2.34. The van der Waals surface area contributed by atoms with Gasteiger partial charge >= 0.3 is 6.09 Å². The van der Waals surface area contributed by atoms with Crippen LogP contribution in [0.3, 0.4) is 0 Å². The number of nitrogens with two attached hydrogens (primary N) is 1. The van der Waals surface area contributed by atoms with Crippen molar-refractivity contribution in [2.75, 3.05) is 18.0 Å². The van der Waals surface area contributed by atoms with E-state index in [9.17, 15) is 9.59 Å². The summed E-state index contributed by atoms with van der Waals surface area (Å²) >= 11 is 0. The number of carbonyl (C=O) groups is 2. The van der Waals surface area contributed by atoms with Crippen molar-refractivity contribution >= 4 is 18.2 Å². The van der Waals surface area contributed by atoms with Crippen molar-refractivity contribution in [3.63, 3.8) is 0 Å². The summed E-state index contributed by atoms with van der Waals surface area (Å²) in [7, 11) is 0. The topological polar surface area (TPSA) is 98.4 Å². The fourth-order valence-electron chi connectivity index (χ4n) is 1.90. The van der Waals surface area contributed by atoms with E-state index < -0.39 is 6.09 Å². The average molecular weight is 250 g/mol. The number of carbonyl (C=O) groups excluding carboxylic acids is 2. The predicted molar refractivity (Wildman–Crippen MR) is 63.2 cm³/mol. The molecule has 1 aliphatic rings. The number of hydrogen-bond donors (Lipinski definition) is 1. The third-order valence-corrected chi connectivity index (χ3v) is 2.89. The molecule has 1 aliphatic heterocycles. The quantitative estimate of drug-likeness (QED) is 0.777. The highest BCUT2D eigenvalue weighted by molar-refractivity contribution is 5.67. The molecule has 0 bridgehead atoms. The van der Waals surface area contributed by atoms with Crippen LogP contribution < -0.4 is 15.4 Å². The largest absolute Gasteiger partial charge is 0.411 e. The fraction of sp³-hybridized carbons (Fsp3) is 0.455. The number of rotatable bonds is 3. The molecule has 1 saturated heterocycles. The molecule has 0 saturated carbocycles. The van der Waals surface area contributed by atoms with Gasteiger partial charge in [0.2, 0.25) is 5.88 Å². The molecule has 96 valence electrons. The Bertz CT molecular complexity index is 426. The van der Waals surface area contributed by atoms with Gasteiger partial charge in [-0.3, -0.25) is 0 Å². The number of ether oxygens (including phenoxy) is 1. The maximum absolute atomic E-state index is 10.6. The van der Waals surface area contributed by atoms with E-state index in [0.29, 0.717) is 5.82 Å². The van der Waals surface area contributed by atoms with Crippen LogP contribution in [0.1, 0.15) is 12.8 Å². The number of primary amides is 1. The zero-order valence-electron chi connectivity index (χ0n) is 9.78. The van der Waals surface area contributed by atoms with Crippen molar-refractivity contribution in [1.82, 2.24) is 10.2 Å². The minimum absolute atomic E-state index is 0.0778. The summed E-state index contributed by atoms with van der Waals surface area (Å²) in [5.74, 6) is 0.928. The second-order valence-corrected chi connectivity index (χ2v) is 4.11. The Morgan fingerprint density at radius 1 is 1.39 bits per heavy atom. The summed E-state index contributed by atoms with van der Waals surface area (Å²) in [5.41, 5.74) is 4.86. The first kappa shape index (κ1) is 12.3. The van der Waals surface area contributed by atoms with Crippen LogP contribution in [0.15, 0.2) is 12.1 Å². The first-order valence-electron chi connectivity index (χ1n) is 5.70. The maximum Gasteiger partial charge on any atom is 0.411 e. The molecule has 1 aromatic heterocycles. The molecular formula is C11H14N4O3. The second kappa shape index (κ2) is 5.44. The Labute approximate surface area is 104 Å². The Kier molecular flexibility index (Phi) is 3.71. The fourth-order valence-corrected chi connectivity index (χ4v) is 1.90. The number of aldehydes is 1. The van der Waals surface area contributed by atoms with Crippen LogP contribution in [-0.2, 0) is 4.79 Å². The summed E-state index contributed by atoms with van der Waals surface area (Å²) in [4.78, 5) is 23.2. The van der Waals surface area contributed by atoms with Crippen LogP contribution in [-0.4, -0.2) is 35.7 Å². The standard InChI is InChI=1S/C11H14N4O3/c12-11(17)18-10-2-1-9(13-14-10)15-5-3-8(7-16)4-6-15/h1-2,7-8H,3-6H2,(H2,12,17). The van der Waals surface area contributed by atoms with Gasteiger partial charge in [0.15, 0.2) is 5.82 Å². The lowest BCUT2D eigenvalue weighted by Gasteiger charge is -2.30. The number of anilines is 1. The van der Waals surface area contributed by atoms with E-state index >= 15 is 0 Å². The van der Waals surface area contributed by atoms with Crippen molar-refractivity contribution in [2.24, 2.45) is 11.7 Å². The summed E-state index contributed by atoms with van der Waals surface area (Å²) in [6.45, 7) is 1.54. The molecule has 0 radical (unpaired) electrons. The molecule has 0 spiro atoms. The van der Waals surface area contributed by atoms with Gasteiger partial charge in [-0.25, -0.2) is 4.79 Å². The predicted octanol–water partition coefficient (Wildman–Crippen LogP) is 0.349. The maximum atomic E-state index is 10.6. The van der Waals surface area contributed by atoms with Crippen LogP contribution in [0.25, 0.3) is 0 Å². The van der Waals surface area contributed by atoms with Gasteiger partial charge < -0.3 is 20.2 Å². The molecule has 2 heterocycles. The first-order valence-corrected chi connectivity index (χ1v) is 5.70. The van der Waals surface area contributed by atoms with E-state index in [1.54, 1.807) is 12.1 Å². The highest BCUT2D eigenvalue weighted by Crippen LogP contribution is 2.20. The lowest BCUT2D eigenvalue weighted by molar-refractivity contribution is -0.111. The molecule has 1 fully saturated rings. The van der Waals surface area contributed by atoms with E-state index in [4.69, 9.17) is 5.73 Å². The van der Waals surface area contributed by atoms with Gasteiger partial charge in [-0.15, -0.1) is 10.2 Å². The van der Waals surface area contributed by atoms with E-state index in [1.165, 1.54) is 0 Å². The first-order chi connectivity index (χ1) is 8.69. The second-order valence-electron chi connectivity index (χ2n) is 4.11. The van der Waals surface area contributed by atoms with E-state index in [-0.39, 0.29) is 11.8 Å². The number of amides is 1. The van der Waals surface area contributed by atoms with Gasteiger partial charge in [-0.05, 0) is 18.9 Å². The van der Waals surface area contributed by atoms with Crippen molar-refractivity contribution < 1.29 is 14.3 Å². The summed E-state index contributed by atoms with van der Waals surface area (Å²) in [5, 5.41) is 7.71. The monoisotopic (exact) mass is 250 g/mol. The molecular weight excluding hydrogens is 236 g/mol. The molecule has 18 heavy (non-hydrogen) atoms. The lowest BCUT2D eigenvalue weighted by atomic mass is 9.99. The molecule has 1 aromatic rings. The Morgan fingerprint density at radius 3 is 2.61 bits per heavy atom. The Morgan fingerprint density at radius 2 is 2.11 bits per heavy atom. The minimum Gasteiger partial charge on any atom is -0.390 e. The van der Waals surface area contributed by atoms with Gasteiger partial charge in [0.1, 0.15) is 6.29 Å². The molecule has 7 nitrogen and oxygen atoms in total. The van der Waals surface area contributed by atoms with Gasteiger partial charge in [0.25, 0.3) is 0 Å². The van der Waals surface area contributed by atoms with Crippen molar-refractivity contribution in [3.05, 3.63) is 12.1 Å². The molecule has 0 atom stereocenters. The Balaban J connectivity index is 1.97. The Hall–Kier alpha value is -2.18. The molecule has 0 unspecified atom stereocenters. The SMILES string of the molecule is NC(=O)Oc1ccc(N2CCC(C=O)CC2)nn1. The van der Waals surface area contributed by atoms with E-state index in [0.717, 1.165) is 32.2 Å². The number of hydrogen-bond acceptors (Lipinski definition) is 6. The van der Waals surface area contributed by atoms with E-state index in [1.807, 2.05) is 4.90 Å². The molecule has 1 amide bonds. The van der Waals surface area contributed by atoms with Crippen molar-refractivity contribution in [1.29, 1.82) is 0 Å². The number of nitrogens with zero attached hydrogens (tertiary/aromatic N) is 3. The molecule has 0 aromatic carbocycles. The third-order valence-electron chi connectivity index (χ3n) is 2.89.